The fraction of sp³-hybridized carbons (Fsp3) is 0.381. The molecule has 0 bridgehead atoms. The van der Waals surface area contributed by atoms with E-state index >= 15 is 0 Å². The Bertz CT molecular complexity index is 1020. The van der Waals surface area contributed by atoms with Gasteiger partial charge in [0.1, 0.15) is 11.6 Å². The lowest BCUT2D eigenvalue weighted by molar-refractivity contribution is -0.116. The average Bonchev–Trinajstić information content (AvgIpc) is 2.74. The van der Waals surface area contributed by atoms with Gasteiger partial charge in [0.15, 0.2) is 0 Å². The molecular weight excluding hydrogens is 475 g/mol. The van der Waals surface area contributed by atoms with Gasteiger partial charge in [-0.25, -0.2) is 12.8 Å². The second-order valence-corrected chi connectivity index (χ2v) is 9.96. The molecule has 3 rings (SSSR count). The normalized spacial score (nSPS) is 15.0. The second-order valence-electron chi connectivity index (χ2n) is 7.11. The fourth-order valence-corrected chi connectivity index (χ4v) is 5.32. The number of rotatable bonds is 7. The molecule has 1 N–H and O–H groups in total. The number of hydrogen-bond donors (Lipinski definition) is 1. The number of nitrogens with zero attached hydrogens (tertiary/aromatic N) is 1. The number of sulfonamides is 1. The highest BCUT2D eigenvalue weighted by Crippen LogP contribution is 2.27. The van der Waals surface area contributed by atoms with E-state index in [1.165, 1.54) is 29.6 Å². The van der Waals surface area contributed by atoms with Crippen molar-refractivity contribution in [3.63, 3.8) is 0 Å². The molecule has 1 saturated heterocycles. The molecular formula is C21H24BrFN2O4S. The maximum Gasteiger partial charge on any atom is 0.243 e. The third-order valence-corrected chi connectivity index (χ3v) is 7.42. The standard InChI is InChI=1S/C21H24BrFN2O4S/c1-29-20-9-7-17(30(27,28)25-11-3-2-4-12-25)13-15(20)5-10-21(26)24-19-8-6-16(22)14-18(19)23/h6-9,13-14H,2-5,10-12H2,1H3,(H,24,26). The first-order valence-electron chi connectivity index (χ1n) is 9.73. The predicted octanol–water partition coefficient (Wildman–Crippen LogP) is 4.34. The summed E-state index contributed by atoms with van der Waals surface area (Å²) in [5.74, 6) is -0.400. The number of aryl methyl sites for hydroxylation is 1. The lowest BCUT2D eigenvalue weighted by atomic mass is 10.1. The quantitative estimate of drug-likeness (QED) is 0.615. The summed E-state index contributed by atoms with van der Waals surface area (Å²) in [7, 11) is -2.09. The number of carbonyl (C=O) groups excluding carboxylic acids is 1. The van der Waals surface area contributed by atoms with E-state index in [0.29, 0.717) is 28.9 Å². The number of anilines is 1. The molecule has 0 radical (unpaired) electrons. The lowest BCUT2D eigenvalue weighted by Crippen LogP contribution is -2.35. The van der Waals surface area contributed by atoms with E-state index in [-0.39, 0.29) is 29.3 Å². The molecule has 1 heterocycles. The van der Waals surface area contributed by atoms with Gasteiger partial charge in [0.2, 0.25) is 15.9 Å². The Hall–Kier alpha value is -1.97. The summed E-state index contributed by atoms with van der Waals surface area (Å²) in [5, 5.41) is 2.54. The van der Waals surface area contributed by atoms with Crippen LogP contribution in [0.5, 0.6) is 5.75 Å². The molecule has 6 nitrogen and oxygen atoms in total. The summed E-state index contributed by atoms with van der Waals surface area (Å²) in [6, 6.07) is 9.09. The minimum Gasteiger partial charge on any atom is -0.496 e. The molecule has 2 aromatic carbocycles. The number of piperidine rings is 1. The Balaban J connectivity index is 1.73. The van der Waals surface area contributed by atoms with Gasteiger partial charge < -0.3 is 10.1 Å². The van der Waals surface area contributed by atoms with Crippen LogP contribution in [0.25, 0.3) is 0 Å². The monoisotopic (exact) mass is 498 g/mol. The molecule has 0 saturated carbocycles. The van der Waals surface area contributed by atoms with Crippen molar-refractivity contribution < 1.29 is 22.3 Å². The van der Waals surface area contributed by atoms with E-state index in [9.17, 15) is 17.6 Å². The number of hydrogen-bond acceptors (Lipinski definition) is 4. The minimum absolute atomic E-state index is 0.0546. The highest BCUT2D eigenvalue weighted by Gasteiger charge is 2.26. The number of ether oxygens (including phenoxy) is 1. The van der Waals surface area contributed by atoms with Crippen molar-refractivity contribution in [3.8, 4) is 5.75 Å². The summed E-state index contributed by atoms with van der Waals surface area (Å²) >= 11 is 3.17. The lowest BCUT2D eigenvalue weighted by Gasteiger charge is -2.26. The van der Waals surface area contributed by atoms with Crippen LogP contribution in [0.4, 0.5) is 10.1 Å². The van der Waals surface area contributed by atoms with Gasteiger partial charge in [-0.15, -0.1) is 0 Å². The Morgan fingerprint density at radius 1 is 1.17 bits per heavy atom. The Morgan fingerprint density at radius 3 is 2.57 bits per heavy atom. The third-order valence-electron chi connectivity index (χ3n) is 5.03. The van der Waals surface area contributed by atoms with Crippen LogP contribution in [0.2, 0.25) is 0 Å². The molecule has 1 aliphatic heterocycles. The van der Waals surface area contributed by atoms with Crippen LogP contribution < -0.4 is 10.1 Å². The van der Waals surface area contributed by atoms with Crippen LogP contribution in [0.3, 0.4) is 0 Å². The first-order chi connectivity index (χ1) is 14.3. The van der Waals surface area contributed by atoms with Gasteiger partial charge in [0.25, 0.3) is 0 Å². The van der Waals surface area contributed by atoms with E-state index in [1.807, 2.05) is 0 Å². The van der Waals surface area contributed by atoms with Crippen LogP contribution in [-0.4, -0.2) is 38.8 Å². The van der Waals surface area contributed by atoms with Gasteiger partial charge in [-0.1, -0.05) is 22.4 Å². The first kappa shape index (κ1) is 22.7. The van der Waals surface area contributed by atoms with Gasteiger partial charge in [-0.3, -0.25) is 4.79 Å². The van der Waals surface area contributed by atoms with E-state index < -0.39 is 15.8 Å². The number of amides is 1. The second kappa shape index (κ2) is 9.89. The predicted molar refractivity (Wildman–Crippen MR) is 117 cm³/mol. The van der Waals surface area contributed by atoms with Gasteiger partial charge in [0, 0.05) is 24.0 Å². The van der Waals surface area contributed by atoms with Crippen LogP contribution in [0, 0.1) is 5.82 Å². The van der Waals surface area contributed by atoms with Gasteiger partial charge >= 0.3 is 0 Å². The van der Waals surface area contributed by atoms with Crippen molar-refractivity contribution >= 4 is 37.5 Å². The van der Waals surface area contributed by atoms with Gasteiger partial charge in [-0.05, 0) is 61.2 Å². The molecule has 0 unspecified atom stereocenters. The van der Waals surface area contributed by atoms with E-state index in [2.05, 4.69) is 21.2 Å². The highest BCUT2D eigenvalue weighted by molar-refractivity contribution is 9.10. The first-order valence-corrected chi connectivity index (χ1v) is 12.0. The summed E-state index contributed by atoms with van der Waals surface area (Å²) in [4.78, 5) is 12.5. The molecule has 9 heteroatoms. The summed E-state index contributed by atoms with van der Waals surface area (Å²) in [6.07, 6.45) is 3.06. The van der Waals surface area contributed by atoms with Gasteiger partial charge in [-0.2, -0.15) is 4.31 Å². The summed E-state index contributed by atoms with van der Waals surface area (Å²) in [5.41, 5.74) is 0.707. The van der Waals surface area contributed by atoms with Crippen molar-refractivity contribution in [3.05, 3.63) is 52.3 Å². The van der Waals surface area contributed by atoms with Crippen molar-refractivity contribution in [2.24, 2.45) is 0 Å². The molecule has 30 heavy (non-hydrogen) atoms. The van der Waals surface area contributed by atoms with Crippen LogP contribution >= 0.6 is 15.9 Å². The molecule has 0 atom stereocenters. The molecule has 0 aliphatic carbocycles. The third kappa shape index (κ3) is 5.39. The molecule has 0 spiro atoms. The van der Waals surface area contributed by atoms with E-state index in [1.54, 1.807) is 18.2 Å². The molecule has 1 aliphatic rings. The topological polar surface area (TPSA) is 75.7 Å². The van der Waals surface area contributed by atoms with E-state index in [4.69, 9.17) is 4.74 Å². The van der Waals surface area contributed by atoms with Crippen molar-refractivity contribution in [2.45, 2.75) is 37.0 Å². The minimum atomic E-state index is -3.58. The smallest absolute Gasteiger partial charge is 0.243 e. The van der Waals surface area contributed by atoms with Gasteiger partial charge in [0.05, 0.1) is 17.7 Å². The fourth-order valence-electron chi connectivity index (χ4n) is 3.42. The number of halogens is 2. The Labute approximate surface area is 184 Å². The number of carbonyl (C=O) groups is 1. The summed E-state index contributed by atoms with van der Waals surface area (Å²) < 4.78 is 47.2. The van der Waals surface area contributed by atoms with Crippen LogP contribution in [0.15, 0.2) is 45.8 Å². The van der Waals surface area contributed by atoms with Crippen molar-refractivity contribution in [1.82, 2.24) is 4.31 Å². The largest absolute Gasteiger partial charge is 0.496 e. The van der Waals surface area contributed by atoms with Crippen molar-refractivity contribution in [2.75, 3.05) is 25.5 Å². The number of nitrogens with one attached hydrogen (secondary N) is 1. The maximum atomic E-state index is 13.9. The van der Waals surface area contributed by atoms with Crippen LogP contribution in [-0.2, 0) is 21.2 Å². The zero-order chi connectivity index (χ0) is 21.7. The van der Waals surface area contributed by atoms with E-state index in [0.717, 1.165) is 19.3 Å². The zero-order valence-electron chi connectivity index (χ0n) is 16.7. The Kier molecular flexibility index (Phi) is 7.49. The maximum absolute atomic E-state index is 13.9. The molecule has 1 amide bonds. The summed E-state index contributed by atoms with van der Waals surface area (Å²) in [6.45, 7) is 1.04. The molecule has 2 aromatic rings. The Morgan fingerprint density at radius 2 is 1.90 bits per heavy atom. The van der Waals surface area contributed by atoms with Crippen molar-refractivity contribution in [1.29, 1.82) is 0 Å². The highest BCUT2D eigenvalue weighted by atomic mass is 79.9. The van der Waals surface area contributed by atoms with Crippen LogP contribution in [0.1, 0.15) is 31.2 Å². The zero-order valence-corrected chi connectivity index (χ0v) is 19.1. The SMILES string of the molecule is COc1ccc(S(=O)(=O)N2CCCCC2)cc1CCC(=O)Nc1ccc(Br)cc1F. The number of benzene rings is 2. The average molecular weight is 499 g/mol. The molecule has 1 fully saturated rings. The molecule has 162 valence electrons. The number of methoxy groups -OCH3 is 1. The molecule has 0 aromatic heterocycles.